The molecule has 1 aliphatic heterocycles. The van der Waals surface area contributed by atoms with E-state index >= 15 is 0 Å². The number of rotatable bonds is 0. The second kappa shape index (κ2) is 2.85. The maximum absolute atomic E-state index is 3.56. The van der Waals surface area contributed by atoms with Gasteiger partial charge in [-0.3, -0.25) is 0 Å². The van der Waals surface area contributed by atoms with E-state index in [9.17, 15) is 0 Å². The van der Waals surface area contributed by atoms with Crippen molar-refractivity contribution >= 4 is 0 Å². The highest BCUT2D eigenvalue weighted by Crippen LogP contribution is 2.36. The summed E-state index contributed by atoms with van der Waals surface area (Å²) in [4.78, 5) is 0. The van der Waals surface area contributed by atoms with Crippen LogP contribution in [0.1, 0.15) is 48.2 Å². The fraction of sp³-hybridized carbons (Fsp3) is 0.500. The molecule has 0 fully saturated rings. The molecule has 70 valence electrons. The lowest BCUT2D eigenvalue weighted by Gasteiger charge is -2.10. The highest BCUT2D eigenvalue weighted by Gasteiger charge is 2.26. The zero-order valence-electron chi connectivity index (χ0n) is 8.81. The Labute approximate surface area is 80.2 Å². The molecule has 0 saturated heterocycles. The van der Waals surface area contributed by atoms with Crippen molar-refractivity contribution in [3.63, 3.8) is 0 Å². The van der Waals surface area contributed by atoms with Gasteiger partial charge in [-0.2, -0.15) is 0 Å². The van der Waals surface area contributed by atoms with Crippen LogP contribution in [0.4, 0.5) is 0 Å². The van der Waals surface area contributed by atoms with Crippen molar-refractivity contribution in [2.45, 2.75) is 39.8 Å². The first kappa shape index (κ1) is 8.76. The van der Waals surface area contributed by atoms with Crippen LogP contribution in [-0.4, -0.2) is 0 Å². The molecular formula is C12H17N. The van der Waals surface area contributed by atoms with E-state index in [1.807, 2.05) is 0 Å². The number of hydrogen-bond donors (Lipinski definition) is 1. The van der Waals surface area contributed by atoms with E-state index in [2.05, 4.69) is 45.1 Å². The van der Waals surface area contributed by atoms with Gasteiger partial charge in [0.15, 0.2) is 0 Å². The molecule has 1 aromatic rings. The van der Waals surface area contributed by atoms with Crippen LogP contribution in [0.5, 0.6) is 0 Å². The third kappa shape index (κ3) is 1.19. The molecule has 1 aromatic carbocycles. The Kier molecular flexibility index (Phi) is 1.92. The molecular weight excluding hydrogens is 158 g/mol. The molecule has 0 bridgehead atoms. The summed E-state index contributed by atoms with van der Waals surface area (Å²) >= 11 is 0. The van der Waals surface area contributed by atoms with Gasteiger partial charge >= 0.3 is 0 Å². The summed E-state index contributed by atoms with van der Waals surface area (Å²) in [5.74, 6) is 0. The Bertz CT molecular complexity index is 308. The lowest BCUT2D eigenvalue weighted by Crippen LogP contribution is -2.12. The Balaban J connectivity index is 2.67. The van der Waals surface area contributed by atoms with Crippen molar-refractivity contribution in [1.82, 2.24) is 5.32 Å². The number of fused-ring (bicyclic) bond motifs is 1. The van der Waals surface area contributed by atoms with Crippen molar-refractivity contribution < 1.29 is 0 Å². The summed E-state index contributed by atoms with van der Waals surface area (Å²) in [6, 6.07) is 5.49. The first-order chi connectivity index (χ1) is 6.11. The van der Waals surface area contributed by atoms with Gasteiger partial charge in [0.1, 0.15) is 0 Å². The third-order valence-corrected chi connectivity index (χ3v) is 3.09. The minimum Gasteiger partial charge on any atom is -0.304 e. The van der Waals surface area contributed by atoms with Gasteiger partial charge in [-0.15, -0.1) is 0 Å². The monoisotopic (exact) mass is 175 g/mol. The second-order valence-corrected chi connectivity index (χ2v) is 4.14. The highest BCUT2D eigenvalue weighted by molar-refractivity contribution is 5.46. The summed E-state index contributed by atoms with van der Waals surface area (Å²) in [6.07, 6.45) is 0. The second-order valence-electron chi connectivity index (χ2n) is 4.14. The van der Waals surface area contributed by atoms with Crippen LogP contribution < -0.4 is 5.32 Å². The number of hydrogen-bond acceptors (Lipinski definition) is 1. The largest absolute Gasteiger partial charge is 0.304 e. The summed E-state index contributed by atoms with van der Waals surface area (Å²) in [6.45, 7) is 8.90. The van der Waals surface area contributed by atoms with E-state index in [1.54, 1.807) is 0 Å². The molecule has 2 rings (SSSR count). The predicted molar refractivity (Wildman–Crippen MR) is 55.9 cm³/mol. The van der Waals surface area contributed by atoms with Crippen molar-refractivity contribution in [2.75, 3.05) is 0 Å². The summed E-state index contributed by atoms with van der Waals surface area (Å²) in [5.41, 5.74) is 5.88. The first-order valence-corrected chi connectivity index (χ1v) is 4.97. The molecule has 0 radical (unpaired) electrons. The van der Waals surface area contributed by atoms with E-state index in [-0.39, 0.29) is 0 Å². The van der Waals surface area contributed by atoms with Gasteiger partial charge in [0, 0.05) is 12.1 Å². The van der Waals surface area contributed by atoms with Crippen molar-refractivity contribution in [2.24, 2.45) is 0 Å². The fourth-order valence-electron chi connectivity index (χ4n) is 2.55. The zero-order chi connectivity index (χ0) is 9.59. The average Bonchev–Trinajstić information content (AvgIpc) is 2.36. The number of nitrogens with one attached hydrogen (secondary N) is 1. The van der Waals surface area contributed by atoms with Gasteiger partial charge in [0.05, 0.1) is 0 Å². The Morgan fingerprint density at radius 3 is 1.69 bits per heavy atom. The van der Waals surface area contributed by atoms with Gasteiger partial charge in [0.2, 0.25) is 0 Å². The molecule has 1 heteroatoms. The molecule has 1 aliphatic rings. The van der Waals surface area contributed by atoms with Crippen LogP contribution in [0.3, 0.4) is 0 Å². The maximum atomic E-state index is 3.56. The standard InChI is InChI=1S/C12H17N/c1-7-5-6-8(2)12-10(4)13-9(3)11(7)12/h5-6,9-10,13H,1-4H3/t9-,10-/m1/s1. The molecule has 0 spiro atoms. The van der Waals surface area contributed by atoms with Crippen molar-refractivity contribution in [3.8, 4) is 0 Å². The van der Waals surface area contributed by atoms with E-state index in [1.165, 1.54) is 22.3 Å². The SMILES string of the molecule is Cc1ccc(C)c2c1[C@@H](C)N[C@@H]2C. The van der Waals surface area contributed by atoms with Crippen molar-refractivity contribution in [3.05, 3.63) is 34.4 Å². The number of aryl methyl sites for hydroxylation is 2. The van der Waals surface area contributed by atoms with Crippen LogP contribution >= 0.6 is 0 Å². The molecule has 1 nitrogen and oxygen atoms in total. The van der Waals surface area contributed by atoms with Gasteiger partial charge in [-0.25, -0.2) is 0 Å². The van der Waals surface area contributed by atoms with Crippen LogP contribution in [0, 0.1) is 13.8 Å². The molecule has 1 N–H and O–H groups in total. The molecule has 13 heavy (non-hydrogen) atoms. The lowest BCUT2D eigenvalue weighted by molar-refractivity contribution is 0.551. The summed E-state index contributed by atoms with van der Waals surface area (Å²) in [7, 11) is 0. The fourth-order valence-corrected chi connectivity index (χ4v) is 2.55. The zero-order valence-corrected chi connectivity index (χ0v) is 8.81. The van der Waals surface area contributed by atoms with E-state index in [0.717, 1.165) is 0 Å². The molecule has 0 amide bonds. The van der Waals surface area contributed by atoms with Gasteiger partial charge in [-0.05, 0) is 49.9 Å². The van der Waals surface area contributed by atoms with Crippen molar-refractivity contribution in [1.29, 1.82) is 0 Å². The van der Waals surface area contributed by atoms with E-state index in [0.29, 0.717) is 12.1 Å². The van der Waals surface area contributed by atoms with Gasteiger partial charge in [-0.1, -0.05) is 12.1 Å². The molecule has 0 unspecified atom stereocenters. The van der Waals surface area contributed by atoms with Gasteiger partial charge in [0.25, 0.3) is 0 Å². The van der Waals surface area contributed by atoms with Crippen LogP contribution in [0.15, 0.2) is 12.1 Å². The normalized spacial score (nSPS) is 26.2. The molecule has 0 saturated carbocycles. The molecule has 1 heterocycles. The quantitative estimate of drug-likeness (QED) is 0.639. The van der Waals surface area contributed by atoms with E-state index < -0.39 is 0 Å². The van der Waals surface area contributed by atoms with Crippen LogP contribution in [0.2, 0.25) is 0 Å². The highest BCUT2D eigenvalue weighted by atomic mass is 15.0. The third-order valence-electron chi connectivity index (χ3n) is 3.09. The predicted octanol–water partition coefficient (Wildman–Crippen LogP) is 3.03. The minimum absolute atomic E-state index is 0.518. The maximum Gasteiger partial charge on any atom is 0.0303 e. The van der Waals surface area contributed by atoms with E-state index in [4.69, 9.17) is 0 Å². The van der Waals surface area contributed by atoms with Gasteiger partial charge < -0.3 is 5.32 Å². The van der Waals surface area contributed by atoms with Crippen LogP contribution in [0.25, 0.3) is 0 Å². The average molecular weight is 175 g/mol. The summed E-state index contributed by atoms with van der Waals surface area (Å²) in [5, 5.41) is 3.56. The smallest absolute Gasteiger partial charge is 0.0303 e. The lowest BCUT2D eigenvalue weighted by atomic mass is 9.94. The minimum atomic E-state index is 0.518. The van der Waals surface area contributed by atoms with Crippen LogP contribution in [-0.2, 0) is 0 Å². The molecule has 2 atom stereocenters. The Morgan fingerprint density at radius 2 is 1.31 bits per heavy atom. The molecule has 0 aliphatic carbocycles. The summed E-state index contributed by atoms with van der Waals surface area (Å²) < 4.78 is 0. The Hall–Kier alpha value is -0.820. The first-order valence-electron chi connectivity index (χ1n) is 4.97. The topological polar surface area (TPSA) is 12.0 Å². The number of benzene rings is 1. The Morgan fingerprint density at radius 1 is 0.923 bits per heavy atom. The molecule has 0 aromatic heterocycles.